The molecule has 1 unspecified atom stereocenters. The van der Waals surface area contributed by atoms with E-state index in [0.29, 0.717) is 29.6 Å². The molecule has 2 heterocycles. The Hall–Kier alpha value is -4.57. The second kappa shape index (κ2) is 13.4. The number of anilines is 1. The normalized spacial score (nSPS) is 11.9. The molecule has 0 spiro atoms. The largest absolute Gasteiger partial charge is 0.497 e. The molecule has 2 aromatic heterocycles. The number of halogens is 1. The van der Waals surface area contributed by atoms with Crippen LogP contribution in [0.2, 0.25) is 5.28 Å². The van der Waals surface area contributed by atoms with Crippen molar-refractivity contribution in [3.63, 3.8) is 0 Å². The van der Waals surface area contributed by atoms with Crippen LogP contribution in [-0.2, 0) is 20.9 Å². The van der Waals surface area contributed by atoms with Crippen LogP contribution in [0.3, 0.4) is 0 Å². The van der Waals surface area contributed by atoms with Gasteiger partial charge in [0.2, 0.25) is 17.1 Å². The van der Waals surface area contributed by atoms with E-state index in [1.54, 1.807) is 64.5 Å². The number of carbonyl (C=O) groups is 2. The standard InChI is InChI=1S/C31H32ClN5O5/c1-6-41-26-18-33-17-25(35-26)21-9-11-22(12-10-21)37(19-20-7-13-23(40-5)14-8-20)28(38)27(29(39)42-31(2,3)4)24-15-16-34-30(32)36-24/h7-18,27H,6,19H2,1-5H3. The molecule has 0 aliphatic heterocycles. The molecule has 0 aliphatic rings. The van der Waals surface area contributed by atoms with Gasteiger partial charge in [-0.25, -0.2) is 15.0 Å². The molecule has 0 bridgehead atoms. The van der Waals surface area contributed by atoms with Gasteiger partial charge in [0.15, 0.2) is 5.92 Å². The Balaban J connectivity index is 1.76. The van der Waals surface area contributed by atoms with E-state index in [0.717, 1.165) is 11.1 Å². The van der Waals surface area contributed by atoms with E-state index in [9.17, 15) is 9.59 Å². The molecule has 4 rings (SSSR count). The summed E-state index contributed by atoms with van der Waals surface area (Å²) in [5.74, 6) is -1.59. The van der Waals surface area contributed by atoms with Crippen LogP contribution in [0.4, 0.5) is 5.69 Å². The minimum absolute atomic E-state index is 0.0877. The first-order chi connectivity index (χ1) is 20.1. The van der Waals surface area contributed by atoms with E-state index >= 15 is 0 Å². The first kappa shape index (κ1) is 30.4. The Kier molecular flexibility index (Phi) is 9.69. The van der Waals surface area contributed by atoms with Crippen LogP contribution in [0.25, 0.3) is 11.3 Å². The van der Waals surface area contributed by atoms with Gasteiger partial charge in [0.25, 0.3) is 0 Å². The highest BCUT2D eigenvalue weighted by molar-refractivity contribution is 6.28. The smallest absolute Gasteiger partial charge is 0.325 e. The Bertz CT molecular complexity index is 1520. The van der Waals surface area contributed by atoms with Gasteiger partial charge in [0.05, 0.1) is 44.0 Å². The molecule has 42 heavy (non-hydrogen) atoms. The molecular formula is C31H32ClN5O5. The Labute approximate surface area is 249 Å². The predicted molar refractivity (Wildman–Crippen MR) is 158 cm³/mol. The van der Waals surface area contributed by atoms with Gasteiger partial charge in [-0.3, -0.25) is 14.6 Å². The minimum atomic E-state index is -1.39. The summed E-state index contributed by atoms with van der Waals surface area (Å²) in [6.07, 6.45) is 4.58. The molecule has 0 radical (unpaired) electrons. The molecule has 0 saturated carbocycles. The number of aromatic nitrogens is 4. The Morgan fingerprint density at radius 2 is 1.69 bits per heavy atom. The summed E-state index contributed by atoms with van der Waals surface area (Å²) in [6, 6.07) is 16.0. The zero-order valence-electron chi connectivity index (χ0n) is 24.1. The zero-order valence-corrected chi connectivity index (χ0v) is 24.8. The maximum atomic E-state index is 14.3. The summed E-state index contributed by atoms with van der Waals surface area (Å²) in [4.78, 5) is 46.1. The molecule has 0 aliphatic carbocycles. The monoisotopic (exact) mass is 589 g/mol. The predicted octanol–water partition coefficient (Wildman–Crippen LogP) is 5.65. The molecule has 4 aromatic rings. The van der Waals surface area contributed by atoms with Gasteiger partial charge in [0, 0.05) is 17.4 Å². The Morgan fingerprint density at radius 3 is 2.31 bits per heavy atom. The van der Waals surface area contributed by atoms with Crippen LogP contribution >= 0.6 is 11.6 Å². The third kappa shape index (κ3) is 7.79. The molecule has 218 valence electrons. The average molecular weight is 590 g/mol. The lowest BCUT2D eigenvalue weighted by Gasteiger charge is -2.29. The van der Waals surface area contributed by atoms with Crippen LogP contribution in [-0.4, -0.2) is 51.1 Å². The number of esters is 1. The fourth-order valence-corrected chi connectivity index (χ4v) is 4.25. The van der Waals surface area contributed by atoms with Crippen molar-refractivity contribution in [2.75, 3.05) is 18.6 Å². The van der Waals surface area contributed by atoms with Gasteiger partial charge in [-0.1, -0.05) is 24.3 Å². The van der Waals surface area contributed by atoms with Gasteiger partial charge in [-0.05, 0) is 75.2 Å². The number of rotatable bonds is 10. The molecule has 11 heteroatoms. The maximum absolute atomic E-state index is 14.3. The summed E-state index contributed by atoms with van der Waals surface area (Å²) >= 11 is 6.06. The van der Waals surface area contributed by atoms with Crippen molar-refractivity contribution in [3.8, 4) is 22.9 Å². The van der Waals surface area contributed by atoms with E-state index in [-0.39, 0.29) is 17.5 Å². The highest BCUT2D eigenvalue weighted by atomic mass is 35.5. The van der Waals surface area contributed by atoms with Gasteiger partial charge < -0.3 is 19.1 Å². The summed E-state index contributed by atoms with van der Waals surface area (Å²) in [7, 11) is 1.58. The number of benzene rings is 2. The molecule has 0 fully saturated rings. The van der Waals surface area contributed by atoms with Gasteiger partial charge >= 0.3 is 5.97 Å². The van der Waals surface area contributed by atoms with Crippen molar-refractivity contribution >= 4 is 29.2 Å². The highest BCUT2D eigenvalue weighted by Crippen LogP contribution is 2.29. The van der Waals surface area contributed by atoms with E-state index in [1.807, 2.05) is 31.2 Å². The Morgan fingerprint density at radius 1 is 0.976 bits per heavy atom. The summed E-state index contributed by atoms with van der Waals surface area (Å²) in [5.41, 5.74) is 2.04. The van der Waals surface area contributed by atoms with E-state index in [1.165, 1.54) is 17.2 Å². The van der Waals surface area contributed by atoms with Crippen LogP contribution in [0.15, 0.2) is 73.2 Å². The van der Waals surface area contributed by atoms with Crippen LogP contribution in [0.5, 0.6) is 11.6 Å². The van der Waals surface area contributed by atoms with Crippen molar-refractivity contribution in [1.82, 2.24) is 19.9 Å². The van der Waals surface area contributed by atoms with Crippen molar-refractivity contribution in [3.05, 3.63) is 89.7 Å². The molecule has 2 aromatic carbocycles. The van der Waals surface area contributed by atoms with E-state index in [2.05, 4.69) is 19.9 Å². The third-order valence-corrected chi connectivity index (χ3v) is 6.16. The van der Waals surface area contributed by atoms with Gasteiger partial charge in [-0.2, -0.15) is 0 Å². The minimum Gasteiger partial charge on any atom is -0.497 e. The number of ether oxygens (including phenoxy) is 3. The van der Waals surface area contributed by atoms with Crippen LogP contribution in [0.1, 0.15) is 44.9 Å². The number of nitrogens with zero attached hydrogens (tertiary/aromatic N) is 5. The highest BCUT2D eigenvalue weighted by Gasteiger charge is 2.38. The number of hydrogen-bond acceptors (Lipinski definition) is 9. The van der Waals surface area contributed by atoms with Crippen molar-refractivity contribution in [2.24, 2.45) is 0 Å². The van der Waals surface area contributed by atoms with E-state index < -0.39 is 23.4 Å². The maximum Gasteiger partial charge on any atom is 0.325 e. The first-order valence-electron chi connectivity index (χ1n) is 13.3. The fourth-order valence-electron chi connectivity index (χ4n) is 4.10. The molecule has 10 nitrogen and oxygen atoms in total. The quantitative estimate of drug-likeness (QED) is 0.131. The van der Waals surface area contributed by atoms with Crippen molar-refractivity contribution in [1.29, 1.82) is 0 Å². The van der Waals surface area contributed by atoms with Gasteiger partial charge in [0.1, 0.15) is 11.4 Å². The van der Waals surface area contributed by atoms with Crippen molar-refractivity contribution < 1.29 is 23.8 Å². The summed E-state index contributed by atoms with van der Waals surface area (Å²) in [5, 5.41) is -0.0877. The molecule has 1 atom stereocenters. The van der Waals surface area contributed by atoms with Crippen molar-refractivity contribution in [2.45, 2.75) is 45.8 Å². The second-order valence-electron chi connectivity index (χ2n) is 10.2. The third-order valence-electron chi connectivity index (χ3n) is 5.98. The summed E-state index contributed by atoms with van der Waals surface area (Å²) in [6.45, 7) is 7.69. The van der Waals surface area contributed by atoms with Crippen LogP contribution < -0.4 is 14.4 Å². The van der Waals surface area contributed by atoms with Crippen LogP contribution in [0, 0.1) is 0 Å². The SMILES string of the molecule is CCOc1cncc(-c2ccc(N(Cc3ccc(OC)cc3)C(=O)C(C(=O)OC(C)(C)C)c3ccnc(Cl)n3)cc2)n1. The number of carbonyl (C=O) groups excluding carboxylic acids is 2. The lowest BCUT2D eigenvalue weighted by molar-refractivity contribution is -0.158. The lowest BCUT2D eigenvalue weighted by Crippen LogP contribution is -2.41. The number of methoxy groups -OCH3 is 1. The van der Waals surface area contributed by atoms with E-state index in [4.69, 9.17) is 25.8 Å². The first-order valence-corrected chi connectivity index (χ1v) is 13.7. The average Bonchev–Trinajstić information content (AvgIpc) is 2.96. The summed E-state index contributed by atoms with van der Waals surface area (Å²) < 4.78 is 16.4. The second-order valence-corrected chi connectivity index (χ2v) is 10.5. The zero-order chi connectivity index (χ0) is 30.3. The lowest BCUT2D eigenvalue weighted by atomic mass is 10.0. The van der Waals surface area contributed by atoms with Gasteiger partial charge in [-0.15, -0.1) is 0 Å². The molecular weight excluding hydrogens is 558 g/mol. The molecule has 1 amide bonds. The number of amides is 1. The molecule has 0 saturated heterocycles. The fraction of sp³-hybridized carbons (Fsp3) is 0.290. The topological polar surface area (TPSA) is 117 Å². The molecule has 0 N–H and O–H groups in total. The number of hydrogen-bond donors (Lipinski definition) is 0.